The number of unbranched alkanes of at least 4 members (excludes halogenated alkanes) is 1. The van der Waals surface area contributed by atoms with E-state index >= 15 is 0 Å². The first-order valence-corrected chi connectivity index (χ1v) is 8.20. The number of carbonyl (C=O) groups is 1. The van der Waals surface area contributed by atoms with Gasteiger partial charge in [-0.2, -0.15) is 0 Å². The van der Waals surface area contributed by atoms with E-state index in [2.05, 4.69) is 22.1 Å². The summed E-state index contributed by atoms with van der Waals surface area (Å²) in [7, 11) is 2.01. The minimum Gasteiger partial charge on any atom is -0.374 e. The molecule has 0 aliphatic carbocycles. The van der Waals surface area contributed by atoms with Gasteiger partial charge in [0.15, 0.2) is 0 Å². The van der Waals surface area contributed by atoms with Crippen molar-refractivity contribution in [3.63, 3.8) is 0 Å². The third-order valence-corrected chi connectivity index (χ3v) is 4.18. The van der Waals surface area contributed by atoms with Gasteiger partial charge >= 0.3 is 0 Å². The third-order valence-electron chi connectivity index (χ3n) is 3.44. The van der Waals surface area contributed by atoms with Gasteiger partial charge in [-0.3, -0.25) is 9.78 Å². The highest BCUT2D eigenvalue weighted by atomic mass is 35.5. The normalized spacial score (nSPS) is 10.4. The average Bonchev–Trinajstić information content (AvgIpc) is 2.56. The van der Waals surface area contributed by atoms with Crippen molar-refractivity contribution in [1.82, 2.24) is 4.98 Å². The van der Waals surface area contributed by atoms with Crippen LogP contribution >= 0.6 is 23.2 Å². The predicted octanol–water partition coefficient (Wildman–Crippen LogP) is 4.88. The van der Waals surface area contributed by atoms with E-state index in [4.69, 9.17) is 23.2 Å². The van der Waals surface area contributed by atoms with Crippen molar-refractivity contribution < 1.29 is 4.79 Å². The Morgan fingerprint density at radius 1 is 1.22 bits per heavy atom. The van der Waals surface area contributed by atoms with Gasteiger partial charge in [0.1, 0.15) is 5.69 Å². The van der Waals surface area contributed by atoms with Crippen molar-refractivity contribution in [3.05, 3.63) is 52.3 Å². The molecule has 1 N–H and O–H groups in total. The number of halogens is 2. The molecule has 4 nitrogen and oxygen atoms in total. The standard InChI is InChI=1S/C17H19Cl2N3O/c1-3-4-9-22(2)13-7-8-20-16(11-13)17(23)21-12-5-6-14(18)15(19)10-12/h5-8,10-11H,3-4,9H2,1-2H3,(H,21,23). The fraction of sp³-hybridized carbons (Fsp3) is 0.294. The van der Waals surface area contributed by atoms with Crippen LogP contribution in [-0.2, 0) is 0 Å². The summed E-state index contributed by atoms with van der Waals surface area (Å²) < 4.78 is 0. The first-order valence-electron chi connectivity index (χ1n) is 7.45. The van der Waals surface area contributed by atoms with E-state index in [1.807, 2.05) is 13.1 Å². The van der Waals surface area contributed by atoms with Crippen LogP contribution < -0.4 is 10.2 Å². The molecule has 1 amide bonds. The first kappa shape index (κ1) is 17.6. The third kappa shape index (κ3) is 4.85. The van der Waals surface area contributed by atoms with Crippen LogP contribution in [-0.4, -0.2) is 24.5 Å². The van der Waals surface area contributed by atoms with Crippen LogP contribution in [0.15, 0.2) is 36.5 Å². The zero-order chi connectivity index (χ0) is 16.8. The zero-order valence-electron chi connectivity index (χ0n) is 13.1. The number of carbonyl (C=O) groups excluding carboxylic acids is 1. The maximum Gasteiger partial charge on any atom is 0.274 e. The van der Waals surface area contributed by atoms with Crippen LogP contribution in [0.2, 0.25) is 10.0 Å². The highest BCUT2D eigenvalue weighted by Gasteiger charge is 2.11. The largest absolute Gasteiger partial charge is 0.374 e. The lowest BCUT2D eigenvalue weighted by Gasteiger charge is -2.19. The zero-order valence-corrected chi connectivity index (χ0v) is 14.7. The van der Waals surface area contributed by atoms with Gasteiger partial charge in [-0.15, -0.1) is 0 Å². The van der Waals surface area contributed by atoms with Crippen molar-refractivity contribution >= 4 is 40.5 Å². The summed E-state index contributed by atoms with van der Waals surface area (Å²) >= 11 is 11.8. The second-order valence-corrected chi connectivity index (χ2v) is 6.07. The number of hydrogen-bond acceptors (Lipinski definition) is 3. The summed E-state index contributed by atoms with van der Waals surface area (Å²) in [6.07, 6.45) is 3.87. The lowest BCUT2D eigenvalue weighted by Crippen LogP contribution is -2.20. The number of nitrogens with one attached hydrogen (secondary N) is 1. The van der Waals surface area contributed by atoms with Gasteiger partial charge < -0.3 is 10.2 Å². The average molecular weight is 352 g/mol. The van der Waals surface area contributed by atoms with E-state index in [1.54, 1.807) is 30.5 Å². The summed E-state index contributed by atoms with van der Waals surface area (Å²) in [5.41, 5.74) is 1.90. The van der Waals surface area contributed by atoms with Gasteiger partial charge in [0.25, 0.3) is 5.91 Å². The Morgan fingerprint density at radius 2 is 2.00 bits per heavy atom. The van der Waals surface area contributed by atoms with E-state index in [-0.39, 0.29) is 5.91 Å². The Labute approximate surface area is 146 Å². The Morgan fingerprint density at radius 3 is 2.70 bits per heavy atom. The summed E-state index contributed by atoms with van der Waals surface area (Å²) in [6.45, 7) is 3.09. The fourth-order valence-electron chi connectivity index (χ4n) is 2.07. The number of benzene rings is 1. The Hall–Kier alpha value is -1.78. The van der Waals surface area contributed by atoms with Gasteiger partial charge in [-0.25, -0.2) is 0 Å². The molecular formula is C17H19Cl2N3O. The minimum absolute atomic E-state index is 0.283. The lowest BCUT2D eigenvalue weighted by atomic mass is 10.2. The SMILES string of the molecule is CCCCN(C)c1ccnc(C(=O)Nc2ccc(Cl)c(Cl)c2)c1. The summed E-state index contributed by atoms with van der Waals surface area (Å²) in [4.78, 5) is 18.6. The first-order chi connectivity index (χ1) is 11.0. The van der Waals surface area contributed by atoms with E-state index in [0.29, 0.717) is 21.4 Å². The number of aromatic nitrogens is 1. The number of amides is 1. The topological polar surface area (TPSA) is 45.2 Å². The lowest BCUT2D eigenvalue weighted by molar-refractivity contribution is 0.102. The second kappa shape index (κ2) is 8.18. The van der Waals surface area contributed by atoms with Gasteiger partial charge in [0, 0.05) is 31.2 Å². The van der Waals surface area contributed by atoms with Crippen molar-refractivity contribution in [3.8, 4) is 0 Å². The van der Waals surface area contributed by atoms with Crippen molar-refractivity contribution in [1.29, 1.82) is 0 Å². The van der Waals surface area contributed by atoms with E-state index < -0.39 is 0 Å². The number of pyridine rings is 1. The maximum absolute atomic E-state index is 12.3. The molecule has 1 aromatic heterocycles. The molecule has 0 radical (unpaired) electrons. The fourth-order valence-corrected chi connectivity index (χ4v) is 2.37. The van der Waals surface area contributed by atoms with Gasteiger partial charge in [0.2, 0.25) is 0 Å². The van der Waals surface area contributed by atoms with E-state index in [9.17, 15) is 4.79 Å². The van der Waals surface area contributed by atoms with Gasteiger partial charge in [-0.1, -0.05) is 36.5 Å². The molecule has 0 aliphatic heterocycles. The summed E-state index contributed by atoms with van der Waals surface area (Å²) in [6, 6.07) is 8.62. The predicted molar refractivity (Wildman–Crippen MR) is 96.8 cm³/mol. The van der Waals surface area contributed by atoms with Crippen molar-refractivity contribution in [2.75, 3.05) is 23.8 Å². The molecule has 0 atom stereocenters. The number of nitrogens with zero attached hydrogens (tertiary/aromatic N) is 2. The van der Waals surface area contributed by atoms with E-state index in [0.717, 1.165) is 25.1 Å². The van der Waals surface area contributed by atoms with Gasteiger partial charge in [0.05, 0.1) is 10.0 Å². The maximum atomic E-state index is 12.3. The Balaban J connectivity index is 2.11. The monoisotopic (exact) mass is 351 g/mol. The van der Waals surface area contributed by atoms with Crippen LogP contribution in [0.1, 0.15) is 30.3 Å². The molecule has 0 saturated heterocycles. The van der Waals surface area contributed by atoms with Crippen LogP contribution in [0.25, 0.3) is 0 Å². The smallest absolute Gasteiger partial charge is 0.274 e. The molecule has 0 aliphatic rings. The molecule has 1 aromatic carbocycles. The quantitative estimate of drug-likeness (QED) is 0.806. The molecule has 23 heavy (non-hydrogen) atoms. The molecule has 0 fully saturated rings. The highest BCUT2D eigenvalue weighted by molar-refractivity contribution is 6.42. The molecule has 6 heteroatoms. The molecule has 1 heterocycles. The Kier molecular flexibility index (Phi) is 6.25. The van der Waals surface area contributed by atoms with Crippen molar-refractivity contribution in [2.45, 2.75) is 19.8 Å². The van der Waals surface area contributed by atoms with Gasteiger partial charge in [-0.05, 0) is 36.8 Å². The van der Waals surface area contributed by atoms with Crippen LogP contribution in [0.5, 0.6) is 0 Å². The van der Waals surface area contributed by atoms with Crippen LogP contribution in [0, 0.1) is 0 Å². The second-order valence-electron chi connectivity index (χ2n) is 5.26. The number of rotatable bonds is 6. The molecule has 0 unspecified atom stereocenters. The molecule has 122 valence electrons. The molecule has 2 rings (SSSR count). The Bertz CT molecular complexity index is 691. The number of hydrogen-bond donors (Lipinski definition) is 1. The molecule has 0 spiro atoms. The summed E-state index contributed by atoms with van der Waals surface area (Å²) in [5.74, 6) is -0.283. The molecular weight excluding hydrogens is 333 g/mol. The van der Waals surface area contributed by atoms with Crippen molar-refractivity contribution in [2.24, 2.45) is 0 Å². The number of anilines is 2. The van der Waals surface area contributed by atoms with E-state index in [1.165, 1.54) is 0 Å². The van der Waals surface area contributed by atoms with Crippen LogP contribution in [0.3, 0.4) is 0 Å². The summed E-state index contributed by atoms with van der Waals surface area (Å²) in [5, 5.41) is 3.61. The molecule has 0 bridgehead atoms. The molecule has 2 aromatic rings. The van der Waals surface area contributed by atoms with Crippen LogP contribution in [0.4, 0.5) is 11.4 Å². The molecule has 0 saturated carbocycles. The highest BCUT2D eigenvalue weighted by Crippen LogP contribution is 2.25. The minimum atomic E-state index is -0.283.